The number of nitrogens with zero attached hydrogens (tertiary/aromatic N) is 3. The smallest absolute Gasteiger partial charge is 0.255 e. The van der Waals surface area contributed by atoms with E-state index in [1.54, 1.807) is 29.4 Å². The van der Waals surface area contributed by atoms with E-state index >= 15 is 0 Å². The summed E-state index contributed by atoms with van der Waals surface area (Å²) in [6, 6.07) is 20.3. The number of carbonyl (C=O) groups excluding carboxylic acids is 2. The predicted molar refractivity (Wildman–Crippen MR) is 130 cm³/mol. The maximum absolute atomic E-state index is 13.3. The van der Waals surface area contributed by atoms with Crippen molar-refractivity contribution in [3.63, 3.8) is 0 Å². The molecule has 2 aromatic carbocycles. The summed E-state index contributed by atoms with van der Waals surface area (Å²) >= 11 is 0. The number of benzene rings is 2. The van der Waals surface area contributed by atoms with Crippen molar-refractivity contribution in [1.29, 1.82) is 0 Å². The van der Waals surface area contributed by atoms with Gasteiger partial charge in [0.05, 0.1) is 13.0 Å². The molecule has 1 N–H and O–H groups in total. The molecule has 0 saturated carbocycles. The third-order valence-electron chi connectivity index (χ3n) is 5.50. The van der Waals surface area contributed by atoms with Crippen LogP contribution in [0.15, 0.2) is 91.5 Å². The van der Waals surface area contributed by atoms with Crippen LogP contribution in [0.1, 0.15) is 27.0 Å². The summed E-state index contributed by atoms with van der Waals surface area (Å²) in [7, 11) is 1.96. The molecule has 166 valence electrons. The summed E-state index contributed by atoms with van der Waals surface area (Å²) in [5.74, 6) is -0.191. The largest absolute Gasteiger partial charge is 0.357 e. The van der Waals surface area contributed by atoms with Gasteiger partial charge >= 0.3 is 0 Å². The summed E-state index contributed by atoms with van der Waals surface area (Å²) < 4.78 is 1.96. The van der Waals surface area contributed by atoms with E-state index in [0.29, 0.717) is 17.8 Å². The molecular weight excluding hydrogens is 412 g/mol. The Morgan fingerprint density at radius 1 is 1.00 bits per heavy atom. The molecule has 0 radical (unpaired) electrons. The molecule has 0 saturated heterocycles. The van der Waals surface area contributed by atoms with Crippen molar-refractivity contribution in [1.82, 2.24) is 9.55 Å². The second kappa shape index (κ2) is 9.96. The van der Waals surface area contributed by atoms with Crippen LogP contribution >= 0.6 is 0 Å². The van der Waals surface area contributed by atoms with Gasteiger partial charge in [-0.3, -0.25) is 14.6 Å². The SMILES string of the molecule is Cc1ccncc1CC(=O)N(Cc1ccn(C)c1)c1ccc(NC(=O)c2ccccc2)cc1. The van der Waals surface area contributed by atoms with E-state index in [-0.39, 0.29) is 18.2 Å². The number of carbonyl (C=O) groups is 2. The summed E-state index contributed by atoms with van der Waals surface area (Å²) in [6.45, 7) is 2.44. The number of amides is 2. The minimum Gasteiger partial charge on any atom is -0.357 e. The van der Waals surface area contributed by atoms with Gasteiger partial charge in [0.15, 0.2) is 0 Å². The number of hydrogen-bond acceptors (Lipinski definition) is 3. The lowest BCUT2D eigenvalue weighted by atomic mass is 10.1. The topological polar surface area (TPSA) is 67.2 Å². The highest BCUT2D eigenvalue weighted by Gasteiger charge is 2.18. The monoisotopic (exact) mass is 438 g/mol. The highest BCUT2D eigenvalue weighted by atomic mass is 16.2. The maximum atomic E-state index is 13.3. The van der Waals surface area contributed by atoms with E-state index < -0.39 is 0 Å². The van der Waals surface area contributed by atoms with Gasteiger partial charge in [-0.1, -0.05) is 18.2 Å². The molecule has 6 heteroatoms. The molecule has 4 aromatic rings. The molecule has 0 unspecified atom stereocenters. The minimum absolute atomic E-state index is 0.0176. The Hall–Kier alpha value is -4.19. The van der Waals surface area contributed by atoms with Crippen LogP contribution in [0, 0.1) is 6.92 Å². The number of anilines is 2. The van der Waals surface area contributed by atoms with Crippen LogP contribution in [-0.4, -0.2) is 21.4 Å². The molecule has 0 fully saturated rings. The number of aryl methyl sites for hydroxylation is 2. The molecule has 0 aliphatic rings. The van der Waals surface area contributed by atoms with Gasteiger partial charge in [0.1, 0.15) is 0 Å². The summed E-state index contributed by atoms with van der Waals surface area (Å²) in [5.41, 5.74) is 5.01. The first-order valence-corrected chi connectivity index (χ1v) is 10.8. The van der Waals surface area contributed by atoms with Gasteiger partial charge in [0, 0.05) is 48.8 Å². The van der Waals surface area contributed by atoms with Gasteiger partial charge in [0.2, 0.25) is 5.91 Å². The van der Waals surface area contributed by atoms with E-state index in [2.05, 4.69) is 10.3 Å². The first kappa shape index (κ1) is 22.0. The number of rotatable bonds is 7. The molecule has 0 aliphatic carbocycles. The highest BCUT2D eigenvalue weighted by Crippen LogP contribution is 2.22. The standard InChI is InChI=1S/C27H26N4O2/c1-20-12-14-28-17-23(20)16-26(32)31(19-21-13-15-30(2)18-21)25-10-8-24(9-11-25)29-27(33)22-6-4-3-5-7-22/h3-15,17-18H,16,19H2,1-2H3,(H,29,33). The fraction of sp³-hybridized carbons (Fsp3) is 0.148. The molecular formula is C27H26N4O2. The molecule has 2 heterocycles. The van der Waals surface area contributed by atoms with Crippen LogP contribution in [0.5, 0.6) is 0 Å². The second-order valence-electron chi connectivity index (χ2n) is 8.01. The Bertz CT molecular complexity index is 1250. The highest BCUT2D eigenvalue weighted by molar-refractivity contribution is 6.04. The van der Waals surface area contributed by atoms with Gasteiger partial charge in [-0.05, 0) is 72.1 Å². The molecule has 0 atom stereocenters. The van der Waals surface area contributed by atoms with E-state index in [4.69, 9.17) is 0 Å². The first-order chi connectivity index (χ1) is 16.0. The molecule has 2 aromatic heterocycles. The van der Waals surface area contributed by atoms with Crippen molar-refractivity contribution in [3.8, 4) is 0 Å². The molecule has 2 amide bonds. The zero-order valence-corrected chi connectivity index (χ0v) is 18.7. The maximum Gasteiger partial charge on any atom is 0.255 e. The first-order valence-electron chi connectivity index (χ1n) is 10.8. The lowest BCUT2D eigenvalue weighted by Gasteiger charge is -2.23. The molecule has 6 nitrogen and oxygen atoms in total. The normalized spacial score (nSPS) is 10.6. The molecule has 0 bridgehead atoms. The Labute approximate surface area is 193 Å². The number of hydrogen-bond donors (Lipinski definition) is 1. The fourth-order valence-corrected chi connectivity index (χ4v) is 3.62. The van der Waals surface area contributed by atoms with Crippen LogP contribution in [0.2, 0.25) is 0 Å². The lowest BCUT2D eigenvalue weighted by Crippen LogP contribution is -2.32. The third-order valence-corrected chi connectivity index (χ3v) is 5.50. The van der Waals surface area contributed by atoms with Crippen molar-refractivity contribution in [2.75, 3.05) is 10.2 Å². The Morgan fingerprint density at radius 3 is 2.42 bits per heavy atom. The Morgan fingerprint density at radius 2 is 1.76 bits per heavy atom. The zero-order chi connectivity index (χ0) is 23.2. The summed E-state index contributed by atoms with van der Waals surface area (Å²) in [6.07, 6.45) is 7.71. The van der Waals surface area contributed by atoms with Crippen LogP contribution < -0.4 is 10.2 Å². The predicted octanol–water partition coefficient (Wildman–Crippen LogP) is 4.76. The van der Waals surface area contributed by atoms with Gasteiger partial charge in [0.25, 0.3) is 5.91 Å². The van der Waals surface area contributed by atoms with Crippen molar-refractivity contribution < 1.29 is 9.59 Å². The number of nitrogens with one attached hydrogen (secondary N) is 1. The molecule has 0 spiro atoms. The van der Waals surface area contributed by atoms with Gasteiger partial charge in [-0.2, -0.15) is 0 Å². The zero-order valence-electron chi connectivity index (χ0n) is 18.7. The Kier molecular flexibility index (Phi) is 6.64. The summed E-state index contributed by atoms with van der Waals surface area (Å²) in [5, 5.41) is 2.90. The van der Waals surface area contributed by atoms with Crippen molar-refractivity contribution >= 4 is 23.2 Å². The average molecular weight is 439 g/mol. The van der Waals surface area contributed by atoms with Crippen molar-refractivity contribution in [2.24, 2.45) is 7.05 Å². The quantitative estimate of drug-likeness (QED) is 0.453. The van der Waals surface area contributed by atoms with Crippen LogP contribution in [0.25, 0.3) is 0 Å². The van der Waals surface area contributed by atoms with Crippen molar-refractivity contribution in [2.45, 2.75) is 19.9 Å². The van der Waals surface area contributed by atoms with E-state index in [9.17, 15) is 9.59 Å². The third kappa shape index (κ3) is 5.54. The van der Waals surface area contributed by atoms with Crippen LogP contribution in [0.4, 0.5) is 11.4 Å². The van der Waals surface area contributed by atoms with Crippen LogP contribution in [-0.2, 0) is 24.8 Å². The number of pyridine rings is 1. The van der Waals surface area contributed by atoms with E-state index in [1.165, 1.54) is 0 Å². The average Bonchev–Trinajstić information content (AvgIpc) is 3.25. The van der Waals surface area contributed by atoms with Crippen molar-refractivity contribution in [3.05, 3.63) is 114 Å². The number of aromatic nitrogens is 2. The van der Waals surface area contributed by atoms with Crippen LogP contribution in [0.3, 0.4) is 0 Å². The molecule has 4 rings (SSSR count). The van der Waals surface area contributed by atoms with Gasteiger partial charge in [-0.15, -0.1) is 0 Å². The van der Waals surface area contributed by atoms with E-state index in [0.717, 1.165) is 22.4 Å². The van der Waals surface area contributed by atoms with E-state index in [1.807, 2.05) is 85.5 Å². The minimum atomic E-state index is -0.173. The lowest BCUT2D eigenvalue weighted by molar-refractivity contribution is -0.118. The molecule has 33 heavy (non-hydrogen) atoms. The van der Waals surface area contributed by atoms with Gasteiger partial charge in [-0.25, -0.2) is 0 Å². The second-order valence-corrected chi connectivity index (χ2v) is 8.01. The Balaban J connectivity index is 1.55. The van der Waals surface area contributed by atoms with Gasteiger partial charge < -0.3 is 14.8 Å². The molecule has 0 aliphatic heterocycles. The summed E-state index contributed by atoms with van der Waals surface area (Å²) in [4.78, 5) is 31.7. The fourth-order valence-electron chi connectivity index (χ4n) is 3.62.